The fourth-order valence-corrected chi connectivity index (χ4v) is 7.13. The number of aliphatic hydroxyl groups is 1. The van der Waals surface area contributed by atoms with Gasteiger partial charge in [-0.15, -0.1) is 0 Å². The van der Waals surface area contributed by atoms with Crippen LogP contribution in [0.2, 0.25) is 0 Å². The zero-order valence-corrected chi connectivity index (χ0v) is 16.5. The van der Waals surface area contributed by atoms with Crippen LogP contribution in [0, 0.1) is 29.1 Å². The summed E-state index contributed by atoms with van der Waals surface area (Å²) in [5.74, 6) is 4.49. The second-order valence-electron chi connectivity index (χ2n) is 9.36. The number of aliphatic hydroxyl groups excluding tert-OH is 1. The lowest BCUT2D eigenvalue weighted by Crippen LogP contribution is -2.43. The van der Waals surface area contributed by atoms with Crippen LogP contribution >= 0.6 is 0 Å². The molecule has 0 radical (unpaired) electrons. The smallest absolute Gasteiger partial charge is 0.160 e. The Morgan fingerprint density at radius 3 is 2.77 bits per heavy atom. The van der Waals surface area contributed by atoms with Crippen molar-refractivity contribution in [2.75, 3.05) is 13.7 Å². The molecular weight excluding hydrogens is 324 g/mol. The highest BCUT2D eigenvalue weighted by molar-refractivity contribution is 5.49. The summed E-state index contributed by atoms with van der Waals surface area (Å²) < 4.78 is 5.40. The lowest BCUT2D eigenvalue weighted by molar-refractivity contribution is 0.00768. The Balaban J connectivity index is 1.63. The summed E-state index contributed by atoms with van der Waals surface area (Å²) in [4.78, 5) is 0. The molecular formula is C23H34O3. The van der Waals surface area contributed by atoms with E-state index >= 15 is 0 Å². The van der Waals surface area contributed by atoms with Crippen molar-refractivity contribution in [2.45, 2.75) is 64.7 Å². The number of phenols is 1. The van der Waals surface area contributed by atoms with Crippen molar-refractivity contribution in [1.82, 2.24) is 0 Å². The van der Waals surface area contributed by atoms with E-state index < -0.39 is 0 Å². The molecule has 0 amide bonds. The standard InChI is InChI=1S/C23H34O3/c1-14(9-11-24)19-6-7-20-17-5-4-15-12-21(25)22(26-3)13-18(15)16(17)8-10-23(19,20)2/h12-14,16-17,19-20,24-25H,4-11H2,1-3H3/t14?,16-,17+,19+,20-,23+/m0/s1. The summed E-state index contributed by atoms with van der Waals surface area (Å²) in [7, 11) is 1.64. The van der Waals surface area contributed by atoms with Crippen molar-refractivity contribution in [3.05, 3.63) is 23.3 Å². The van der Waals surface area contributed by atoms with Crippen LogP contribution in [0.5, 0.6) is 11.5 Å². The SMILES string of the molecule is COc1cc2c(cc1O)CC[C@@H]1[C@@H]2CC[C@]2(C)[C@@H](C(C)CCO)CC[C@@H]12. The van der Waals surface area contributed by atoms with Crippen LogP contribution in [0.1, 0.15) is 69.4 Å². The first-order chi connectivity index (χ1) is 12.5. The van der Waals surface area contributed by atoms with Crippen molar-refractivity contribution in [2.24, 2.45) is 29.1 Å². The fraction of sp³-hybridized carbons (Fsp3) is 0.739. The maximum Gasteiger partial charge on any atom is 0.160 e. The number of fused-ring (bicyclic) bond motifs is 5. The number of methoxy groups -OCH3 is 1. The molecule has 0 bridgehead atoms. The van der Waals surface area contributed by atoms with E-state index in [0.29, 0.717) is 29.6 Å². The lowest BCUT2D eigenvalue weighted by Gasteiger charge is -2.52. The molecule has 1 aromatic rings. The van der Waals surface area contributed by atoms with Crippen LogP contribution in [0.25, 0.3) is 0 Å². The summed E-state index contributed by atoms with van der Waals surface area (Å²) in [6.07, 6.45) is 8.51. The molecule has 2 fully saturated rings. The van der Waals surface area contributed by atoms with E-state index in [1.165, 1.54) is 43.2 Å². The van der Waals surface area contributed by atoms with Gasteiger partial charge in [0.25, 0.3) is 0 Å². The Morgan fingerprint density at radius 2 is 2.04 bits per heavy atom. The van der Waals surface area contributed by atoms with Crippen LogP contribution in [-0.2, 0) is 6.42 Å². The van der Waals surface area contributed by atoms with Gasteiger partial charge in [-0.25, -0.2) is 0 Å². The number of ether oxygens (including phenoxy) is 1. The van der Waals surface area contributed by atoms with Gasteiger partial charge in [-0.05, 0) is 103 Å². The van der Waals surface area contributed by atoms with Gasteiger partial charge in [0.2, 0.25) is 0 Å². The quantitative estimate of drug-likeness (QED) is 0.805. The number of aromatic hydroxyl groups is 1. The summed E-state index contributed by atoms with van der Waals surface area (Å²) in [6.45, 7) is 5.22. The molecule has 2 saturated carbocycles. The molecule has 3 nitrogen and oxygen atoms in total. The minimum Gasteiger partial charge on any atom is -0.504 e. The zero-order valence-electron chi connectivity index (χ0n) is 16.5. The molecule has 1 aromatic carbocycles. The van der Waals surface area contributed by atoms with E-state index in [0.717, 1.165) is 30.6 Å². The van der Waals surface area contributed by atoms with Gasteiger partial charge in [0.15, 0.2) is 11.5 Å². The van der Waals surface area contributed by atoms with Crippen LogP contribution in [0.4, 0.5) is 0 Å². The largest absolute Gasteiger partial charge is 0.504 e. The summed E-state index contributed by atoms with van der Waals surface area (Å²) in [5.41, 5.74) is 3.20. The molecule has 0 heterocycles. The van der Waals surface area contributed by atoms with Crippen LogP contribution in [0.3, 0.4) is 0 Å². The number of benzene rings is 1. The summed E-state index contributed by atoms with van der Waals surface area (Å²) >= 11 is 0. The molecule has 26 heavy (non-hydrogen) atoms. The topological polar surface area (TPSA) is 49.7 Å². The molecule has 0 spiro atoms. The fourth-order valence-electron chi connectivity index (χ4n) is 7.13. The third-order valence-corrected chi connectivity index (χ3v) is 8.37. The number of hydrogen-bond acceptors (Lipinski definition) is 3. The van der Waals surface area contributed by atoms with E-state index in [2.05, 4.69) is 19.9 Å². The molecule has 1 unspecified atom stereocenters. The maximum atomic E-state index is 10.2. The van der Waals surface area contributed by atoms with Crippen LogP contribution in [-0.4, -0.2) is 23.9 Å². The second-order valence-corrected chi connectivity index (χ2v) is 9.36. The average Bonchev–Trinajstić information content (AvgIpc) is 2.98. The van der Waals surface area contributed by atoms with Crippen molar-refractivity contribution in [3.63, 3.8) is 0 Å². The molecule has 0 aromatic heterocycles. The van der Waals surface area contributed by atoms with Gasteiger partial charge in [0.1, 0.15) is 0 Å². The lowest BCUT2D eigenvalue weighted by atomic mass is 9.53. The van der Waals surface area contributed by atoms with Gasteiger partial charge in [0, 0.05) is 6.61 Å². The Kier molecular flexibility index (Phi) is 4.71. The van der Waals surface area contributed by atoms with Gasteiger partial charge >= 0.3 is 0 Å². The predicted octanol–water partition coefficient (Wildman–Crippen LogP) is 4.89. The molecule has 4 rings (SSSR count). The van der Waals surface area contributed by atoms with Crippen LogP contribution in [0.15, 0.2) is 12.1 Å². The maximum absolute atomic E-state index is 10.2. The van der Waals surface area contributed by atoms with Crippen molar-refractivity contribution >= 4 is 0 Å². The highest BCUT2D eigenvalue weighted by atomic mass is 16.5. The number of aryl methyl sites for hydroxylation is 1. The normalized spacial score (nSPS) is 36.8. The number of hydrogen-bond donors (Lipinski definition) is 2. The van der Waals surface area contributed by atoms with Crippen molar-refractivity contribution in [1.29, 1.82) is 0 Å². The van der Waals surface area contributed by atoms with E-state index in [1.807, 2.05) is 6.07 Å². The third-order valence-electron chi connectivity index (χ3n) is 8.37. The molecule has 0 saturated heterocycles. The van der Waals surface area contributed by atoms with Gasteiger partial charge in [0.05, 0.1) is 7.11 Å². The van der Waals surface area contributed by atoms with E-state index in [9.17, 15) is 10.2 Å². The molecule has 0 aliphatic heterocycles. The summed E-state index contributed by atoms with van der Waals surface area (Å²) in [6, 6.07) is 4.06. The zero-order chi connectivity index (χ0) is 18.5. The average molecular weight is 359 g/mol. The molecule has 3 aliphatic carbocycles. The highest BCUT2D eigenvalue weighted by Gasteiger charge is 2.55. The molecule has 3 aliphatic rings. The number of phenolic OH excluding ortho intramolecular Hbond substituents is 1. The number of rotatable bonds is 4. The first-order valence-electron chi connectivity index (χ1n) is 10.5. The first-order valence-corrected chi connectivity index (χ1v) is 10.5. The highest BCUT2D eigenvalue weighted by Crippen LogP contribution is 2.64. The van der Waals surface area contributed by atoms with Crippen molar-refractivity contribution in [3.8, 4) is 11.5 Å². The van der Waals surface area contributed by atoms with E-state index in [4.69, 9.17) is 4.74 Å². The van der Waals surface area contributed by atoms with Gasteiger partial charge in [-0.1, -0.05) is 13.8 Å². The minimum atomic E-state index is 0.282. The minimum absolute atomic E-state index is 0.282. The summed E-state index contributed by atoms with van der Waals surface area (Å²) in [5, 5.41) is 19.6. The monoisotopic (exact) mass is 358 g/mol. The van der Waals surface area contributed by atoms with Crippen LogP contribution < -0.4 is 4.74 Å². The predicted molar refractivity (Wildman–Crippen MR) is 104 cm³/mol. The second kappa shape index (κ2) is 6.74. The Hall–Kier alpha value is -1.22. The first kappa shape index (κ1) is 18.2. The Morgan fingerprint density at radius 1 is 1.23 bits per heavy atom. The van der Waals surface area contributed by atoms with Gasteiger partial charge in [-0.2, -0.15) is 0 Å². The molecule has 144 valence electrons. The van der Waals surface area contributed by atoms with E-state index in [1.54, 1.807) is 7.11 Å². The van der Waals surface area contributed by atoms with Gasteiger partial charge in [-0.3, -0.25) is 0 Å². The van der Waals surface area contributed by atoms with E-state index in [-0.39, 0.29) is 5.75 Å². The molecule has 3 heteroatoms. The van der Waals surface area contributed by atoms with Gasteiger partial charge < -0.3 is 14.9 Å². The Labute approximate surface area is 157 Å². The molecule has 2 N–H and O–H groups in total. The molecule has 6 atom stereocenters. The third kappa shape index (κ3) is 2.66. The Bertz CT molecular complexity index is 670. The van der Waals surface area contributed by atoms with Crippen molar-refractivity contribution < 1.29 is 14.9 Å².